The average molecular weight is 330 g/mol. The van der Waals surface area contributed by atoms with Crippen LogP contribution in [0.4, 0.5) is 0 Å². The minimum atomic E-state index is -1.58. The van der Waals surface area contributed by atoms with Crippen LogP contribution in [0.15, 0.2) is 36.5 Å². The van der Waals surface area contributed by atoms with E-state index in [2.05, 4.69) is 10.3 Å². The summed E-state index contributed by atoms with van der Waals surface area (Å²) in [6.07, 6.45) is 5.19. The van der Waals surface area contributed by atoms with E-state index < -0.39 is 16.4 Å². The second kappa shape index (κ2) is 5.64. The largest absolute Gasteiger partial charge is 0.361 e. The molecule has 1 aromatic carbocycles. The van der Waals surface area contributed by atoms with E-state index in [4.69, 9.17) is 9.47 Å². The first kappa shape index (κ1) is 15.2. The molecule has 2 fully saturated rings. The number of nitrogens with zero attached hydrogens (tertiary/aromatic N) is 4. The summed E-state index contributed by atoms with van der Waals surface area (Å²) in [4.78, 5) is 11.4. The lowest BCUT2D eigenvalue weighted by Gasteiger charge is -2.39. The molecule has 0 amide bonds. The fourth-order valence-corrected chi connectivity index (χ4v) is 3.31. The van der Waals surface area contributed by atoms with Gasteiger partial charge in [0.1, 0.15) is 18.9 Å². The molecule has 1 spiro atoms. The second-order valence-corrected chi connectivity index (χ2v) is 6.35. The number of nitro groups is 1. The van der Waals surface area contributed by atoms with E-state index in [0.717, 1.165) is 31.2 Å². The number of ether oxygens (including phenoxy) is 2. The van der Waals surface area contributed by atoms with Crippen LogP contribution >= 0.6 is 0 Å². The minimum Gasteiger partial charge on any atom is -0.340 e. The summed E-state index contributed by atoms with van der Waals surface area (Å²) in [5.74, 6) is -0.650. The van der Waals surface area contributed by atoms with Gasteiger partial charge in [-0.05, 0) is 12.8 Å². The Morgan fingerprint density at radius 1 is 1.12 bits per heavy atom. The Morgan fingerprint density at radius 2 is 1.79 bits per heavy atom. The van der Waals surface area contributed by atoms with Crippen molar-refractivity contribution in [3.8, 4) is 11.3 Å². The molecule has 4 rings (SSSR count). The third-order valence-corrected chi connectivity index (χ3v) is 4.83. The smallest absolute Gasteiger partial charge is 0.340 e. The summed E-state index contributed by atoms with van der Waals surface area (Å²) < 4.78 is 12.9. The average Bonchev–Trinajstić information content (AvgIpc) is 3.27. The van der Waals surface area contributed by atoms with Crippen molar-refractivity contribution in [2.24, 2.45) is 0 Å². The predicted octanol–water partition coefficient (Wildman–Crippen LogP) is 2.19. The Kier molecular flexibility index (Phi) is 3.58. The molecule has 1 saturated heterocycles. The lowest BCUT2D eigenvalue weighted by Crippen LogP contribution is -2.58. The highest BCUT2D eigenvalue weighted by Gasteiger charge is 2.56. The molecular formula is C16H18N4O4. The molecule has 8 nitrogen and oxygen atoms in total. The second-order valence-electron chi connectivity index (χ2n) is 6.35. The van der Waals surface area contributed by atoms with Gasteiger partial charge in [-0.15, -0.1) is 5.10 Å². The number of hydrogen-bond acceptors (Lipinski definition) is 6. The predicted molar refractivity (Wildman–Crippen MR) is 83.5 cm³/mol. The van der Waals surface area contributed by atoms with Crippen molar-refractivity contribution >= 4 is 0 Å². The zero-order chi connectivity index (χ0) is 16.6. The van der Waals surface area contributed by atoms with E-state index >= 15 is 0 Å². The van der Waals surface area contributed by atoms with Gasteiger partial charge < -0.3 is 9.47 Å². The fourth-order valence-electron chi connectivity index (χ4n) is 3.31. The molecule has 2 aromatic rings. The third kappa shape index (κ3) is 2.38. The topological polar surface area (TPSA) is 92.3 Å². The fraction of sp³-hybridized carbons (Fsp3) is 0.500. The molecule has 0 bridgehead atoms. The van der Waals surface area contributed by atoms with Crippen molar-refractivity contribution in [2.45, 2.75) is 37.1 Å². The van der Waals surface area contributed by atoms with Gasteiger partial charge >= 0.3 is 5.66 Å². The van der Waals surface area contributed by atoms with Crippen LogP contribution in [-0.2, 0) is 15.1 Å². The first-order valence-corrected chi connectivity index (χ1v) is 8.04. The molecule has 8 heteroatoms. The van der Waals surface area contributed by atoms with Crippen LogP contribution in [0.5, 0.6) is 0 Å². The molecule has 0 atom stereocenters. The molecule has 0 unspecified atom stereocenters. The molecule has 0 N–H and O–H groups in total. The van der Waals surface area contributed by atoms with Crippen LogP contribution in [-0.4, -0.2) is 38.9 Å². The van der Waals surface area contributed by atoms with Gasteiger partial charge in [0, 0.05) is 18.4 Å². The van der Waals surface area contributed by atoms with Crippen LogP contribution in [0.2, 0.25) is 0 Å². The summed E-state index contributed by atoms with van der Waals surface area (Å²) in [5, 5.41) is 19.8. The Bertz CT molecular complexity index is 730. The van der Waals surface area contributed by atoms with Crippen LogP contribution in [0.25, 0.3) is 11.3 Å². The highest BCUT2D eigenvalue weighted by molar-refractivity contribution is 5.57. The van der Waals surface area contributed by atoms with Gasteiger partial charge in [0.15, 0.2) is 5.79 Å². The van der Waals surface area contributed by atoms with Gasteiger partial charge in [0.25, 0.3) is 0 Å². The normalized spacial score (nSPS) is 21.8. The van der Waals surface area contributed by atoms with Crippen LogP contribution in [0, 0.1) is 10.1 Å². The van der Waals surface area contributed by atoms with Gasteiger partial charge in [0.05, 0.1) is 11.1 Å². The standard InChI is InChI=1S/C16H18N4O4/c21-20(22)15(11-23-16(24-12-15)8-4-5-9-16)19-10-14(17-18-19)13-6-2-1-3-7-13/h1-3,6-7,10H,4-5,8-9,11-12H2. The van der Waals surface area contributed by atoms with E-state index in [1.54, 1.807) is 6.20 Å². The zero-order valence-electron chi connectivity index (χ0n) is 13.1. The number of benzene rings is 1. The molecule has 1 saturated carbocycles. The Morgan fingerprint density at radius 3 is 2.42 bits per heavy atom. The molecule has 1 aliphatic heterocycles. The number of aromatic nitrogens is 3. The highest BCUT2D eigenvalue weighted by Crippen LogP contribution is 2.40. The summed E-state index contributed by atoms with van der Waals surface area (Å²) in [6, 6.07) is 9.43. The first-order chi connectivity index (χ1) is 11.6. The molecule has 126 valence electrons. The van der Waals surface area contributed by atoms with Gasteiger partial charge in [-0.2, -0.15) is 4.68 Å². The number of hydrogen-bond donors (Lipinski definition) is 0. The van der Waals surface area contributed by atoms with E-state index in [1.165, 1.54) is 4.68 Å². The molecule has 2 aliphatic rings. The molecule has 24 heavy (non-hydrogen) atoms. The van der Waals surface area contributed by atoms with E-state index in [-0.39, 0.29) is 13.2 Å². The maximum Gasteiger partial charge on any atom is 0.361 e. The van der Waals surface area contributed by atoms with Gasteiger partial charge in [-0.3, -0.25) is 10.1 Å². The Hall–Kier alpha value is -2.32. The van der Waals surface area contributed by atoms with Crippen molar-refractivity contribution in [3.63, 3.8) is 0 Å². The van der Waals surface area contributed by atoms with E-state index in [0.29, 0.717) is 5.69 Å². The zero-order valence-corrected chi connectivity index (χ0v) is 13.1. The molecule has 0 radical (unpaired) electrons. The monoisotopic (exact) mass is 330 g/mol. The SMILES string of the molecule is O=[N+]([O-])C1(n2cc(-c3ccccc3)nn2)COC2(CCCC2)OC1. The Labute approximate surface area is 138 Å². The molecule has 1 aromatic heterocycles. The summed E-state index contributed by atoms with van der Waals surface area (Å²) in [5.41, 5.74) is -0.140. The van der Waals surface area contributed by atoms with Crippen molar-refractivity contribution in [1.29, 1.82) is 0 Å². The van der Waals surface area contributed by atoms with Crippen LogP contribution in [0.3, 0.4) is 0 Å². The van der Waals surface area contributed by atoms with Crippen molar-refractivity contribution in [1.82, 2.24) is 15.0 Å². The highest BCUT2D eigenvalue weighted by atomic mass is 16.7. The van der Waals surface area contributed by atoms with Gasteiger partial charge in [0.2, 0.25) is 0 Å². The lowest BCUT2D eigenvalue weighted by atomic mass is 10.1. The summed E-state index contributed by atoms with van der Waals surface area (Å²) in [6.45, 7) is -0.144. The lowest BCUT2D eigenvalue weighted by molar-refractivity contribution is -0.630. The quantitative estimate of drug-likeness (QED) is 0.633. The number of rotatable bonds is 3. The Balaban J connectivity index is 1.63. The van der Waals surface area contributed by atoms with Crippen LogP contribution < -0.4 is 0 Å². The molecule has 1 aliphatic carbocycles. The van der Waals surface area contributed by atoms with Gasteiger partial charge in [-0.1, -0.05) is 35.5 Å². The van der Waals surface area contributed by atoms with E-state index in [1.807, 2.05) is 30.3 Å². The van der Waals surface area contributed by atoms with E-state index in [9.17, 15) is 10.1 Å². The third-order valence-electron chi connectivity index (χ3n) is 4.83. The summed E-state index contributed by atoms with van der Waals surface area (Å²) >= 11 is 0. The molecular weight excluding hydrogens is 312 g/mol. The maximum atomic E-state index is 11.8. The van der Waals surface area contributed by atoms with Crippen molar-refractivity contribution in [2.75, 3.05) is 13.2 Å². The van der Waals surface area contributed by atoms with Crippen molar-refractivity contribution in [3.05, 3.63) is 46.6 Å². The van der Waals surface area contributed by atoms with Gasteiger partial charge in [-0.25, -0.2) is 0 Å². The molecule has 2 heterocycles. The van der Waals surface area contributed by atoms with Crippen molar-refractivity contribution < 1.29 is 14.4 Å². The van der Waals surface area contributed by atoms with Crippen LogP contribution in [0.1, 0.15) is 25.7 Å². The minimum absolute atomic E-state index is 0.0718. The first-order valence-electron chi connectivity index (χ1n) is 8.04. The maximum absolute atomic E-state index is 11.8. The summed E-state index contributed by atoms with van der Waals surface area (Å²) in [7, 11) is 0.